The number of anilines is 1. The van der Waals surface area contributed by atoms with Crippen molar-refractivity contribution in [2.45, 2.75) is 59.5 Å². The van der Waals surface area contributed by atoms with E-state index >= 15 is 0 Å². The van der Waals surface area contributed by atoms with Gasteiger partial charge >= 0.3 is 0 Å². The maximum Gasteiger partial charge on any atom is 0.233 e. The van der Waals surface area contributed by atoms with Crippen LogP contribution in [-0.2, 0) is 22.6 Å². The van der Waals surface area contributed by atoms with Crippen molar-refractivity contribution in [3.05, 3.63) is 46.9 Å². The van der Waals surface area contributed by atoms with E-state index in [0.29, 0.717) is 24.6 Å². The summed E-state index contributed by atoms with van der Waals surface area (Å²) in [7, 11) is 1.63. The number of amides is 2. The predicted molar refractivity (Wildman–Crippen MR) is 118 cm³/mol. The standard InChI is InChI=1S/C24H30N4O3/c1-15-18-13-20(29)28(14-16-8-10-17(31-5)11-9-16)22(18)26-21(25-15)19-7-6-12-27(19)23(30)24(2,3)4/h8-11,19H,6-7,12-14H2,1-5H3/t19-/m1/s1. The fourth-order valence-corrected chi connectivity index (χ4v) is 4.33. The minimum atomic E-state index is -0.454. The molecule has 1 fully saturated rings. The van der Waals surface area contributed by atoms with Crippen LogP contribution in [0.2, 0.25) is 0 Å². The quantitative estimate of drug-likeness (QED) is 0.753. The van der Waals surface area contributed by atoms with Crippen LogP contribution in [0.3, 0.4) is 0 Å². The van der Waals surface area contributed by atoms with Crippen molar-refractivity contribution in [2.75, 3.05) is 18.6 Å². The zero-order valence-corrected chi connectivity index (χ0v) is 18.9. The van der Waals surface area contributed by atoms with Gasteiger partial charge in [-0.25, -0.2) is 9.97 Å². The number of hydrogen-bond acceptors (Lipinski definition) is 5. The summed E-state index contributed by atoms with van der Waals surface area (Å²) in [5.74, 6) is 2.23. The lowest BCUT2D eigenvalue weighted by molar-refractivity contribution is -0.140. The van der Waals surface area contributed by atoms with Crippen molar-refractivity contribution in [3.63, 3.8) is 0 Å². The maximum absolute atomic E-state index is 13.0. The summed E-state index contributed by atoms with van der Waals surface area (Å²) in [6.07, 6.45) is 2.08. The van der Waals surface area contributed by atoms with Gasteiger partial charge in [0.15, 0.2) is 5.82 Å². The summed E-state index contributed by atoms with van der Waals surface area (Å²) in [5.41, 5.74) is 2.25. The molecule has 0 spiro atoms. The van der Waals surface area contributed by atoms with E-state index in [9.17, 15) is 9.59 Å². The molecule has 0 unspecified atom stereocenters. The topological polar surface area (TPSA) is 75.6 Å². The molecule has 1 aromatic carbocycles. The second-order valence-corrected chi connectivity index (χ2v) is 9.38. The molecule has 31 heavy (non-hydrogen) atoms. The maximum atomic E-state index is 13.0. The van der Waals surface area contributed by atoms with Gasteiger partial charge in [0.05, 0.1) is 26.1 Å². The lowest BCUT2D eigenvalue weighted by Crippen LogP contribution is -2.39. The van der Waals surface area contributed by atoms with Gasteiger partial charge in [0, 0.05) is 23.2 Å². The van der Waals surface area contributed by atoms with Gasteiger partial charge in [-0.1, -0.05) is 32.9 Å². The van der Waals surface area contributed by atoms with Gasteiger partial charge < -0.3 is 9.64 Å². The summed E-state index contributed by atoms with van der Waals surface area (Å²) < 4.78 is 5.22. The molecular formula is C24H30N4O3. The summed E-state index contributed by atoms with van der Waals surface area (Å²) in [5, 5.41) is 0. The molecule has 1 saturated heterocycles. The Morgan fingerprint density at radius 1 is 1.19 bits per heavy atom. The van der Waals surface area contributed by atoms with Crippen molar-refractivity contribution in [3.8, 4) is 5.75 Å². The van der Waals surface area contributed by atoms with E-state index in [1.165, 1.54) is 0 Å². The number of benzene rings is 1. The Hall–Kier alpha value is -2.96. The molecule has 1 aromatic heterocycles. The van der Waals surface area contributed by atoms with Gasteiger partial charge in [0.25, 0.3) is 0 Å². The van der Waals surface area contributed by atoms with E-state index in [-0.39, 0.29) is 17.9 Å². The van der Waals surface area contributed by atoms with Crippen LogP contribution in [0.15, 0.2) is 24.3 Å². The average Bonchev–Trinajstić information content (AvgIpc) is 3.33. The number of ether oxygens (including phenoxy) is 1. The Morgan fingerprint density at radius 2 is 1.90 bits per heavy atom. The van der Waals surface area contributed by atoms with Gasteiger partial charge in [-0.15, -0.1) is 0 Å². The van der Waals surface area contributed by atoms with E-state index in [0.717, 1.165) is 42.0 Å². The number of hydrogen-bond donors (Lipinski definition) is 0. The number of methoxy groups -OCH3 is 1. The molecule has 0 saturated carbocycles. The first-order valence-corrected chi connectivity index (χ1v) is 10.8. The minimum Gasteiger partial charge on any atom is -0.497 e. The lowest BCUT2D eigenvalue weighted by atomic mass is 9.94. The van der Waals surface area contributed by atoms with Crippen LogP contribution in [0.1, 0.15) is 62.3 Å². The third-order valence-electron chi connectivity index (χ3n) is 6.05. The highest BCUT2D eigenvalue weighted by molar-refractivity contribution is 6.00. The first kappa shape index (κ1) is 21.3. The number of likely N-dealkylation sites (tertiary alicyclic amines) is 1. The molecule has 1 atom stereocenters. The van der Waals surface area contributed by atoms with Gasteiger partial charge in [-0.3, -0.25) is 14.5 Å². The van der Waals surface area contributed by atoms with Crippen LogP contribution in [0.25, 0.3) is 0 Å². The molecule has 4 rings (SSSR count). The Balaban J connectivity index is 1.66. The summed E-state index contributed by atoms with van der Waals surface area (Å²) in [4.78, 5) is 39.0. The summed E-state index contributed by atoms with van der Waals surface area (Å²) >= 11 is 0. The number of nitrogens with zero attached hydrogens (tertiary/aromatic N) is 4. The Kier molecular flexibility index (Phi) is 5.45. The Morgan fingerprint density at radius 3 is 2.55 bits per heavy atom. The van der Waals surface area contributed by atoms with Crippen molar-refractivity contribution >= 4 is 17.6 Å². The van der Waals surface area contributed by atoms with Crippen LogP contribution in [-0.4, -0.2) is 40.3 Å². The van der Waals surface area contributed by atoms with Gasteiger partial charge in [0.2, 0.25) is 11.8 Å². The van der Waals surface area contributed by atoms with Crippen molar-refractivity contribution in [1.29, 1.82) is 0 Å². The average molecular weight is 423 g/mol. The molecule has 0 N–H and O–H groups in total. The fourth-order valence-electron chi connectivity index (χ4n) is 4.33. The van der Waals surface area contributed by atoms with Gasteiger partial charge in [-0.05, 0) is 37.5 Å². The van der Waals surface area contributed by atoms with Crippen molar-refractivity contribution in [1.82, 2.24) is 14.9 Å². The molecule has 0 radical (unpaired) electrons. The molecule has 2 aromatic rings. The molecule has 7 heteroatoms. The molecule has 7 nitrogen and oxygen atoms in total. The molecule has 2 aliphatic rings. The third-order valence-corrected chi connectivity index (χ3v) is 6.05. The molecule has 0 aliphatic carbocycles. The van der Waals surface area contributed by atoms with E-state index in [2.05, 4.69) is 0 Å². The van der Waals surface area contributed by atoms with Crippen molar-refractivity contribution < 1.29 is 14.3 Å². The van der Waals surface area contributed by atoms with Gasteiger partial charge in [0.1, 0.15) is 11.6 Å². The van der Waals surface area contributed by atoms with E-state index < -0.39 is 5.41 Å². The van der Waals surface area contributed by atoms with Crippen LogP contribution in [0.5, 0.6) is 5.75 Å². The first-order chi connectivity index (χ1) is 14.7. The van der Waals surface area contributed by atoms with Crippen LogP contribution in [0, 0.1) is 12.3 Å². The molecule has 164 valence electrons. The van der Waals surface area contributed by atoms with Gasteiger partial charge in [-0.2, -0.15) is 0 Å². The highest BCUT2D eigenvalue weighted by Crippen LogP contribution is 2.37. The molecule has 2 aliphatic heterocycles. The number of rotatable bonds is 4. The minimum absolute atomic E-state index is 0.0226. The van der Waals surface area contributed by atoms with E-state index in [1.54, 1.807) is 12.0 Å². The number of aryl methyl sites for hydroxylation is 1. The zero-order valence-electron chi connectivity index (χ0n) is 18.9. The first-order valence-electron chi connectivity index (χ1n) is 10.8. The Bertz CT molecular complexity index is 1010. The predicted octanol–water partition coefficient (Wildman–Crippen LogP) is 3.59. The van der Waals surface area contributed by atoms with Crippen LogP contribution >= 0.6 is 0 Å². The highest BCUT2D eigenvalue weighted by Gasteiger charge is 2.39. The number of carbonyl (C=O) groups is 2. The summed E-state index contributed by atoms with van der Waals surface area (Å²) in [6, 6.07) is 7.55. The largest absolute Gasteiger partial charge is 0.497 e. The number of carbonyl (C=O) groups excluding carboxylic acids is 2. The lowest BCUT2D eigenvalue weighted by Gasteiger charge is -2.30. The zero-order chi connectivity index (χ0) is 22.3. The Labute approximate surface area is 183 Å². The second-order valence-electron chi connectivity index (χ2n) is 9.38. The second kappa shape index (κ2) is 7.94. The smallest absolute Gasteiger partial charge is 0.233 e. The van der Waals surface area contributed by atoms with Crippen molar-refractivity contribution in [2.24, 2.45) is 5.41 Å². The van der Waals surface area contributed by atoms with Crippen LogP contribution < -0.4 is 9.64 Å². The van der Waals surface area contributed by atoms with E-state index in [4.69, 9.17) is 14.7 Å². The highest BCUT2D eigenvalue weighted by atomic mass is 16.5. The molecule has 0 bridgehead atoms. The molecule has 2 amide bonds. The summed E-state index contributed by atoms with van der Waals surface area (Å²) in [6.45, 7) is 8.91. The monoisotopic (exact) mass is 422 g/mol. The number of fused-ring (bicyclic) bond motifs is 1. The third kappa shape index (κ3) is 4.01. The fraction of sp³-hybridized carbons (Fsp3) is 0.500. The normalized spacial score (nSPS) is 18.5. The molecule has 3 heterocycles. The molecular weight excluding hydrogens is 392 g/mol. The van der Waals surface area contributed by atoms with Crippen LogP contribution in [0.4, 0.5) is 5.82 Å². The van der Waals surface area contributed by atoms with E-state index in [1.807, 2.05) is 56.9 Å². The number of aromatic nitrogens is 2. The SMILES string of the molecule is COc1ccc(CN2C(=O)Cc3c(C)nc([C@H]4CCCN4C(=O)C(C)(C)C)nc32)cc1.